The van der Waals surface area contributed by atoms with Crippen molar-refractivity contribution < 1.29 is 19.0 Å². The zero-order valence-electron chi connectivity index (χ0n) is 9.25. The number of nitrogens with one attached hydrogen (secondary N) is 1. The maximum Gasteiger partial charge on any atom is 0.260 e. The predicted molar refractivity (Wildman–Crippen MR) is 55.5 cm³/mol. The molecule has 2 aliphatic heterocycles. The maximum atomic E-state index is 11.2. The van der Waals surface area contributed by atoms with Gasteiger partial charge in [0.25, 0.3) is 5.91 Å². The number of methoxy groups -OCH3 is 1. The number of hydrogen-bond acceptors (Lipinski definition) is 4. The summed E-state index contributed by atoms with van der Waals surface area (Å²) < 4.78 is 15.2. The van der Waals surface area contributed by atoms with E-state index in [9.17, 15) is 4.79 Å². The standard InChI is InChI=1S/C11H15NO4/c1-14-7-16-10-9(12-11(10)13)6-8-2-4-15-5-3-8/h10H,2-5,7H2,1H3,(H,12,13). The lowest BCUT2D eigenvalue weighted by atomic mass is 10.0. The first-order valence-electron chi connectivity index (χ1n) is 5.29. The third-order valence-corrected chi connectivity index (χ3v) is 2.52. The first-order chi connectivity index (χ1) is 7.81. The second kappa shape index (κ2) is 5.27. The van der Waals surface area contributed by atoms with Gasteiger partial charge in [0.05, 0.1) is 18.9 Å². The fourth-order valence-electron chi connectivity index (χ4n) is 1.64. The molecule has 0 bridgehead atoms. The molecule has 0 saturated carbocycles. The van der Waals surface area contributed by atoms with E-state index in [0.717, 1.165) is 26.1 Å². The largest absolute Gasteiger partial charge is 0.381 e. The Kier molecular flexibility index (Phi) is 3.74. The normalized spacial score (nSPS) is 24.8. The molecule has 1 N–H and O–H groups in total. The summed E-state index contributed by atoms with van der Waals surface area (Å²) in [4.78, 5) is 11.2. The van der Waals surface area contributed by atoms with Crippen LogP contribution in [0.2, 0.25) is 0 Å². The number of β-lactam (4-membered cyclic amide) rings is 1. The Balaban J connectivity index is 2.02. The molecule has 5 heteroatoms. The molecular weight excluding hydrogens is 210 g/mol. The summed E-state index contributed by atoms with van der Waals surface area (Å²) in [6, 6.07) is 0. The van der Waals surface area contributed by atoms with Crippen LogP contribution in [0.5, 0.6) is 0 Å². The average molecular weight is 225 g/mol. The lowest BCUT2D eigenvalue weighted by Gasteiger charge is -2.28. The monoisotopic (exact) mass is 225 g/mol. The van der Waals surface area contributed by atoms with Crippen molar-refractivity contribution in [3.05, 3.63) is 17.0 Å². The number of amides is 1. The summed E-state index contributed by atoms with van der Waals surface area (Å²) in [6.07, 6.45) is 1.21. The van der Waals surface area contributed by atoms with Crippen molar-refractivity contribution in [2.75, 3.05) is 27.1 Å². The molecule has 0 aromatic rings. The van der Waals surface area contributed by atoms with Crippen molar-refractivity contribution >= 4 is 5.91 Å². The van der Waals surface area contributed by atoms with Crippen molar-refractivity contribution in [1.82, 2.24) is 5.32 Å². The zero-order valence-corrected chi connectivity index (χ0v) is 9.25. The van der Waals surface area contributed by atoms with Crippen LogP contribution < -0.4 is 5.32 Å². The van der Waals surface area contributed by atoms with Gasteiger partial charge >= 0.3 is 0 Å². The molecule has 2 fully saturated rings. The van der Waals surface area contributed by atoms with Crippen molar-refractivity contribution in [1.29, 1.82) is 0 Å². The quantitative estimate of drug-likeness (QED) is 0.427. The topological polar surface area (TPSA) is 56.8 Å². The van der Waals surface area contributed by atoms with Crippen LogP contribution in [0.25, 0.3) is 0 Å². The van der Waals surface area contributed by atoms with E-state index in [1.807, 2.05) is 0 Å². The van der Waals surface area contributed by atoms with Gasteiger partial charge in [-0.3, -0.25) is 4.79 Å². The van der Waals surface area contributed by atoms with Crippen LogP contribution >= 0.6 is 0 Å². The second-order valence-corrected chi connectivity index (χ2v) is 3.70. The maximum absolute atomic E-state index is 11.2. The van der Waals surface area contributed by atoms with Crippen molar-refractivity contribution in [2.45, 2.75) is 18.9 Å². The van der Waals surface area contributed by atoms with Gasteiger partial charge in [0.2, 0.25) is 0 Å². The summed E-state index contributed by atoms with van der Waals surface area (Å²) in [7, 11) is 1.52. The fraction of sp³-hybridized carbons (Fsp3) is 0.636. The van der Waals surface area contributed by atoms with E-state index in [4.69, 9.17) is 14.2 Å². The highest BCUT2D eigenvalue weighted by Gasteiger charge is 2.35. The van der Waals surface area contributed by atoms with E-state index < -0.39 is 6.10 Å². The van der Waals surface area contributed by atoms with Gasteiger partial charge in [0.15, 0.2) is 6.10 Å². The van der Waals surface area contributed by atoms with Gasteiger partial charge in [0, 0.05) is 7.11 Å². The molecule has 0 aromatic heterocycles. The minimum absolute atomic E-state index is 0.113. The number of ether oxygens (including phenoxy) is 3. The Morgan fingerprint density at radius 1 is 1.50 bits per heavy atom. The number of carbonyl (C=O) groups excluding carboxylic acids is 1. The first kappa shape index (κ1) is 11.4. The van der Waals surface area contributed by atoms with E-state index in [0.29, 0.717) is 5.70 Å². The second-order valence-electron chi connectivity index (χ2n) is 3.70. The number of carbonyl (C=O) groups is 1. The van der Waals surface area contributed by atoms with Crippen LogP contribution in [0.3, 0.4) is 0 Å². The third kappa shape index (κ3) is 2.51. The van der Waals surface area contributed by atoms with E-state index in [-0.39, 0.29) is 12.7 Å². The summed E-state index contributed by atoms with van der Waals surface area (Å²) in [5, 5.41) is 2.67. The van der Waals surface area contributed by atoms with E-state index >= 15 is 0 Å². The van der Waals surface area contributed by atoms with Gasteiger partial charge in [-0.2, -0.15) is 0 Å². The molecule has 16 heavy (non-hydrogen) atoms. The SMILES string of the molecule is COCOC1C(=O)NC1=C=C1CCOCC1. The average Bonchev–Trinajstić information content (AvgIpc) is 2.30. The molecule has 2 saturated heterocycles. The predicted octanol–water partition coefficient (Wildman–Crippen LogP) is 0.325. The zero-order chi connectivity index (χ0) is 11.4. The summed E-state index contributed by atoms with van der Waals surface area (Å²) in [5.41, 5.74) is 5.07. The van der Waals surface area contributed by atoms with Gasteiger partial charge in [-0.1, -0.05) is 5.73 Å². The molecule has 5 nitrogen and oxygen atoms in total. The summed E-state index contributed by atoms with van der Waals surface area (Å²) in [5.74, 6) is -0.132. The van der Waals surface area contributed by atoms with E-state index in [1.165, 1.54) is 12.7 Å². The van der Waals surface area contributed by atoms with Crippen molar-refractivity contribution in [3.8, 4) is 0 Å². The Labute approximate surface area is 94.0 Å². The first-order valence-corrected chi connectivity index (χ1v) is 5.29. The van der Waals surface area contributed by atoms with Crippen LogP contribution in [0, 0.1) is 0 Å². The third-order valence-electron chi connectivity index (χ3n) is 2.52. The molecule has 0 aromatic carbocycles. The minimum atomic E-state index is -0.532. The van der Waals surface area contributed by atoms with Crippen LogP contribution in [0.15, 0.2) is 17.0 Å². The molecule has 2 rings (SSSR count). The smallest absolute Gasteiger partial charge is 0.260 e. The molecule has 0 spiro atoms. The highest BCUT2D eigenvalue weighted by molar-refractivity contribution is 5.93. The van der Waals surface area contributed by atoms with E-state index in [2.05, 4.69) is 11.0 Å². The Morgan fingerprint density at radius 2 is 2.25 bits per heavy atom. The number of hydrogen-bond donors (Lipinski definition) is 1. The van der Waals surface area contributed by atoms with E-state index in [1.54, 1.807) is 0 Å². The fourth-order valence-corrected chi connectivity index (χ4v) is 1.64. The Bertz CT molecular complexity index is 336. The minimum Gasteiger partial charge on any atom is -0.381 e. The van der Waals surface area contributed by atoms with Crippen molar-refractivity contribution in [3.63, 3.8) is 0 Å². The van der Waals surface area contributed by atoms with Crippen molar-refractivity contribution in [2.24, 2.45) is 0 Å². The van der Waals surface area contributed by atoms with Gasteiger partial charge in [0.1, 0.15) is 6.79 Å². The summed E-state index contributed by atoms with van der Waals surface area (Å²) in [6.45, 7) is 1.57. The highest BCUT2D eigenvalue weighted by atomic mass is 16.7. The molecule has 1 unspecified atom stereocenters. The number of rotatable bonds is 3. The molecule has 88 valence electrons. The van der Waals surface area contributed by atoms with Crippen LogP contribution in [0.1, 0.15) is 12.8 Å². The highest BCUT2D eigenvalue weighted by Crippen LogP contribution is 2.18. The molecular formula is C11H15NO4. The van der Waals surface area contributed by atoms with Crippen LogP contribution in [-0.4, -0.2) is 39.1 Å². The van der Waals surface area contributed by atoms with Crippen LogP contribution in [0.4, 0.5) is 0 Å². The Hall–Kier alpha value is -1.13. The molecule has 0 aliphatic carbocycles. The molecule has 2 heterocycles. The summed E-state index contributed by atoms with van der Waals surface area (Å²) >= 11 is 0. The molecule has 1 amide bonds. The van der Waals surface area contributed by atoms with Gasteiger partial charge in [-0.05, 0) is 18.4 Å². The molecule has 0 radical (unpaired) electrons. The lowest BCUT2D eigenvalue weighted by molar-refractivity contribution is -0.146. The van der Waals surface area contributed by atoms with Gasteiger partial charge < -0.3 is 19.5 Å². The molecule has 2 aliphatic rings. The van der Waals surface area contributed by atoms with Gasteiger partial charge in [-0.25, -0.2) is 0 Å². The van der Waals surface area contributed by atoms with Gasteiger partial charge in [-0.15, -0.1) is 0 Å². The van der Waals surface area contributed by atoms with Crippen LogP contribution in [-0.2, 0) is 19.0 Å². The lowest BCUT2D eigenvalue weighted by Crippen LogP contribution is -2.52. The Morgan fingerprint density at radius 3 is 2.88 bits per heavy atom. The molecule has 1 atom stereocenters.